The van der Waals surface area contributed by atoms with Gasteiger partial charge in [-0.25, -0.2) is 0 Å². The molecule has 1 aromatic carbocycles. The van der Waals surface area contributed by atoms with Crippen LogP contribution in [0.5, 0.6) is 0 Å². The predicted octanol–water partition coefficient (Wildman–Crippen LogP) is 2.51. The van der Waals surface area contributed by atoms with Crippen LogP contribution in [0, 0.1) is 19.8 Å². The van der Waals surface area contributed by atoms with E-state index in [0.717, 1.165) is 16.8 Å². The number of carboxylic acids is 1. The minimum absolute atomic E-state index is 0.0239. The highest BCUT2D eigenvalue weighted by molar-refractivity contribution is 6.15. The van der Waals surface area contributed by atoms with Crippen molar-refractivity contribution in [3.05, 3.63) is 29.3 Å². The van der Waals surface area contributed by atoms with Crippen LogP contribution in [-0.4, -0.2) is 22.7 Å². The summed E-state index contributed by atoms with van der Waals surface area (Å²) in [6.07, 6.45) is 0.273. The molecule has 20 heavy (non-hydrogen) atoms. The molecular weight excluding hydrogens is 256 g/mol. The monoisotopic (exact) mass is 274 g/mol. The lowest BCUT2D eigenvalue weighted by atomic mass is 9.98. The number of rotatable bonds is 4. The number of aryl methyl sites for hydroxylation is 2. The van der Waals surface area contributed by atoms with E-state index in [-0.39, 0.29) is 12.3 Å². The minimum Gasteiger partial charge on any atom is -0.481 e. The second-order valence-corrected chi connectivity index (χ2v) is 5.17. The molecule has 0 saturated heterocycles. The molecule has 0 fully saturated rings. The van der Waals surface area contributed by atoms with Crippen molar-refractivity contribution in [2.24, 2.45) is 11.0 Å². The third-order valence-corrected chi connectivity index (χ3v) is 3.51. The minimum atomic E-state index is -0.893. The molecule has 5 nitrogen and oxygen atoms in total. The number of nitrogens with zero attached hydrogens (tertiary/aromatic N) is 2. The van der Waals surface area contributed by atoms with Crippen LogP contribution in [0.4, 0.5) is 5.69 Å². The van der Waals surface area contributed by atoms with E-state index in [1.165, 1.54) is 5.01 Å². The maximum Gasteiger partial charge on any atom is 0.303 e. The molecule has 1 aliphatic rings. The lowest BCUT2D eigenvalue weighted by Crippen LogP contribution is -2.28. The average molecular weight is 274 g/mol. The van der Waals surface area contributed by atoms with Crippen LogP contribution in [0.1, 0.15) is 30.9 Å². The maximum absolute atomic E-state index is 12.4. The van der Waals surface area contributed by atoms with E-state index in [4.69, 9.17) is 5.11 Å². The number of carboxylic acid groups (broad SMARTS) is 1. The van der Waals surface area contributed by atoms with E-state index < -0.39 is 11.9 Å². The molecule has 1 heterocycles. The van der Waals surface area contributed by atoms with Gasteiger partial charge in [-0.1, -0.05) is 12.1 Å². The molecule has 1 aliphatic heterocycles. The topological polar surface area (TPSA) is 70.0 Å². The summed E-state index contributed by atoms with van der Waals surface area (Å²) in [5, 5.41) is 14.5. The molecule has 5 heteroatoms. The normalized spacial score (nSPS) is 18.4. The summed E-state index contributed by atoms with van der Waals surface area (Å²) in [5.41, 5.74) is 3.48. The summed E-state index contributed by atoms with van der Waals surface area (Å²) in [7, 11) is 0. The van der Waals surface area contributed by atoms with Gasteiger partial charge in [0.15, 0.2) is 0 Å². The number of carbonyl (C=O) groups excluding carboxylic acids is 1. The second kappa shape index (κ2) is 5.45. The van der Waals surface area contributed by atoms with Crippen molar-refractivity contribution in [1.82, 2.24) is 0 Å². The third kappa shape index (κ3) is 2.71. The van der Waals surface area contributed by atoms with Crippen molar-refractivity contribution in [3.8, 4) is 0 Å². The third-order valence-electron chi connectivity index (χ3n) is 3.51. The van der Waals surface area contributed by atoms with Gasteiger partial charge in [0.1, 0.15) is 0 Å². The Morgan fingerprint density at radius 2 is 2.05 bits per heavy atom. The smallest absolute Gasteiger partial charge is 0.303 e. The summed E-state index contributed by atoms with van der Waals surface area (Å²) in [6, 6.07) is 5.86. The lowest BCUT2D eigenvalue weighted by Gasteiger charge is -2.17. The van der Waals surface area contributed by atoms with Crippen molar-refractivity contribution in [3.63, 3.8) is 0 Å². The number of amides is 1. The largest absolute Gasteiger partial charge is 0.481 e. The summed E-state index contributed by atoms with van der Waals surface area (Å²) >= 11 is 0. The van der Waals surface area contributed by atoms with Crippen molar-refractivity contribution >= 4 is 23.3 Å². The van der Waals surface area contributed by atoms with Crippen LogP contribution >= 0.6 is 0 Å². The van der Waals surface area contributed by atoms with Gasteiger partial charge in [-0.05, 0) is 44.4 Å². The zero-order valence-electron chi connectivity index (χ0n) is 11.9. The van der Waals surface area contributed by atoms with Crippen LogP contribution in [0.2, 0.25) is 0 Å². The van der Waals surface area contributed by atoms with Crippen molar-refractivity contribution < 1.29 is 14.7 Å². The van der Waals surface area contributed by atoms with Gasteiger partial charge in [-0.2, -0.15) is 10.1 Å². The summed E-state index contributed by atoms with van der Waals surface area (Å²) in [6.45, 7) is 5.66. The van der Waals surface area contributed by atoms with E-state index in [9.17, 15) is 9.59 Å². The molecule has 1 amide bonds. The van der Waals surface area contributed by atoms with Gasteiger partial charge >= 0.3 is 5.97 Å². The van der Waals surface area contributed by atoms with Crippen LogP contribution in [0.15, 0.2) is 23.3 Å². The molecular formula is C15H18N2O3. The zero-order valence-corrected chi connectivity index (χ0v) is 11.9. The van der Waals surface area contributed by atoms with Crippen LogP contribution < -0.4 is 5.01 Å². The van der Waals surface area contributed by atoms with E-state index in [1.807, 2.05) is 32.0 Å². The van der Waals surface area contributed by atoms with Gasteiger partial charge in [0.05, 0.1) is 11.6 Å². The molecule has 0 aliphatic carbocycles. The molecule has 0 radical (unpaired) electrons. The molecule has 0 saturated carbocycles. The van der Waals surface area contributed by atoms with Gasteiger partial charge in [-0.15, -0.1) is 0 Å². The number of aliphatic carboxylic acids is 1. The molecule has 0 aromatic heterocycles. The maximum atomic E-state index is 12.4. The Morgan fingerprint density at radius 3 is 2.70 bits per heavy atom. The molecule has 0 bridgehead atoms. The summed E-state index contributed by atoms with van der Waals surface area (Å²) in [4.78, 5) is 23.1. The number of benzene rings is 1. The quantitative estimate of drug-likeness (QED) is 0.917. The van der Waals surface area contributed by atoms with Crippen molar-refractivity contribution in [2.75, 3.05) is 5.01 Å². The Labute approximate surface area is 117 Å². The first-order valence-corrected chi connectivity index (χ1v) is 6.58. The highest BCUT2D eigenvalue weighted by atomic mass is 16.4. The number of carbonyl (C=O) groups is 2. The highest BCUT2D eigenvalue weighted by Gasteiger charge is 2.34. The Bertz CT molecular complexity index is 593. The predicted molar refractivity (Wildman–Crippen MR) is 76.9 cm³/mol. The van der Waals surface area contributed by atoms with Crippen molar-refractivity contribution in [2.45, 2.75) is 33.6 Å². The zero-order chi connectivity index (χ0) is 14.9. The Morgan fingerprint density at radius 1 is 1.35 bits per heavy atom. The first-order chi connectivity index (χ1) is 9.40. The van der Waals surface area contributed by atoms with E-state index in [1.54, 1.807) is 6.92 Å². The average Bonchev–Trinajstić information content (AvgIpc) is 2.65. The molecule has 1 unspecified atom stereocenters. The fraction of sp³-hybridized carbons (Fsp3) is 0.400. The van der Waals surface area contributed by atoms with Gasteiger partial charge in [-0.3, -0.25) is 9.59 Å². The summed E-state index contributed by atoms with van der Waals surface area (Å²) < 4.78 is 0. The van der Waals surface area contributed by atoms with E-state index in [0.29, 0.717) is 12.1 Å². The molecule has 1 atom stereocenters. The summed E-state index contributed by atoms with van der Waals surface area (Å²) in [5.74, 6) is -1.46. The lowest BCUT2D eigenvalue weighted by molar-refractivity contribution is -0.137. The first kappa shape index (κ1) is 14.2. The fourth-order valence-corrected chi connectivity index (χ4v) is 2.32. The molecule has 1 aromatic rings. The molecule has 0 spiro atoms. The first-order valence-electron chi connectivity index (χ1n) is 6.58. The Balaban J connectivity index is 2.25. The van der Waals surface area contributed by atoms with Gasteiger partial charge in [0.2, 0.25) is 0 Å². The Kier molecular flexibility index (Phi) is 3.88. The number of anilines is 1. The van der Waals surface area contributed by atoms with E-state index >= 15 is 0 Å². The molecule has 106 valence electrons. The van der Waals surface area contributed by atoms with Crippen molar-refractivity contribution in [1.29, 1.82) is 0 Å². The van der Waals surface area contributed by atoms with Gasteiger partial charge in [0, 0.05) is 12.1 Å². The SMILES string of the molecule is CC1=NN(c2cc(C)ccc2C)C(=O)C1CCC(=O)O. The van der Waals surface area contributed by atoms with E-state index in [2.05, 4.69) is 5.10 Å². The molecule has 1 N–H and O–H groups in total. The Hall–Kier alpha value is -2.17. The standard InChI is InChI=1S/C15H18N2O3/c1-9-4-5-10(2)13(8-9)17-15(20)12(11(3)16-17)6-7-14(18)19/h4-5,8,12H,6-7H2,1-3H3,(H,18,19). The number of hydrazone groups is 1. The molecule has 2 rings (SSSR count). The van der Waals surface area contributed by atoms with Crippen LogP contribution in [0.3, 0.4) is 0 Å². The fourth-order valence-electron chi connectivity index (χ4n) is 2.32. The van der Waals surface area contributed by atoms with Crippen LogP contribution in [-0.2, 0) is 9.59 Å². The van der Waals surface area contributed by atoms with Crippen LogP contribution in [0.25, 0.3) is 0 Å². The number of hydrogen-bond acceptors (Lipinski definition) is 3. The van der Waals surface area contributed by atoms with Gasteiger partial charge < -0.3 is 5.11 Å². The second-order valence-electron chi connectivity index (χ2n) is 5.17. The van der Waals surface area contributed by atoms with Gasteiger partial charge in [0.25, 0.3) is 5.91 Å². The number of hydrogen-bond donors (Lipinski definition) is 1. The highest BCUT2D eigenvalue weighted by Crippen LogP contribution is 2.29.